The van der Waals surface area contributed by atoms with E-state index in [1.165, 1.54) is 12.1 Å². The van der Waals surface area contributed by atoms with Crippen molar-refractivity contribution in [2.24, 2.45) is 0 Å². The minimum absolute atomic E-state index is 0.252. The van der Waals surface area contributed by atoms with Gasteiger partial charge in [0.15, 0.2) is 0 Å². The average molecular weight is 368 g/mol. The third-order valence-corrected chi connectivity index (χ3v) is 3.76. The Morgan fingerprint density at radius 1 is 0.926 bits per heavy atom. The number of benzene rings is 2. The van der Waals surface area contributed by atoms with Crippen LogP contribution in [0.25, 0.3) is 0 Å². The number of nitrogens with zero attached hydrogens (tertiary/aromatic N) is 2. The highest BCUT2D eigenvalue weighted by atomic mass is 19.1. The van der Waals surface area contributed by atoms with Gasteiger partial charge in [0, 0.05) is 12.7 Å². The number of rotatable bonds is 9. The minimum Gasteiger partial charge on any atom is -0.497 e. The molecule has 0 aliphatic carbocycles. The van der Waals surface area contributed by atoms with E-state index in [4.69, 9.17) is 9.47 Å². The van der Waals surface area contributed by atoms with Crippen LogP contribution in [0.5, 0.6) is 11.5 Å². The van der Waals surface area contributed by atoms with Crippen LogP contribution >= 0.6 is 0 Å². The van der Waals surface area contributed by atoms with Crippen LogP contribution in [0.15, 0.2) is 60.8 Å². The van der Waals surface area contributed by atoms with E-state index in [2.05, 4.69) is 20.6 Å². The molecule has 0 radical (unpaired) electrons. The van der Waals surface area contributed by atoms with Crippen LogP contribution in [-0.4, -0.2) is 30.2 Å². The Labute approximate surface area is 157 Å². The lowest BCUT2D eigenvalue weighted by molar-refractivity contribution is 0.331. The Hall–Kier alpha value is -3.35. The molecule has 0 aliphatic heterocycles. The SMILES string of the molecule is COc1ccc(OCCNc2ccnc(NCc3ccc(F)cc3)n2)cc1. The van der Waals surface area contributed by atoms with E-state index in [0.29, 0.717) is 31.5 Å². The fourth-order valence-corrected chi connectivity index (χ4v) is 2.35. The molecule has 0 bridgehead atoms. The second kappa shape index (κ2) is 9.38. The van der Waals surface area contributed by atoms with Crippen LogP contribution in [0, 0.1) is 5.82 Å². The minimum atomic E-state index is -0.252. The quantitative estimate of drug-likeness (QED) is 0.561. The van der Waals surface area contributed by atoms with Gasteiger partial charge in [0.1, 0.15) is 29.7 Å². The van der Waals surface area contributed by atoms with Crippen molar-refractivity contribution in [3.05, 3.63) is 72.2 Å². The molecule has 0 fully saturated rings. The number of nitrogens with one attached hydrogen (secondary N) is 2. The van der Waals surface area contributed by atoms with Gasteiger partial charge in [-0.25, -0.2) is 9.37 Å². The van der Waals surface area contributed by atoms with Crippen LogP contribution in [0.2, 0.25) is 0 Å². The van der Waals surface area contributed by atoms with Crippen molar-refractivity contribution in [3.63, 3.8) is 0 Å². The van der Waals surface area contributed by atoms with Gasteiger partial charge in [0.05, 0.1) is 13.7 Å². The van der Waals surface area contributed by atoms with Crippen molar-refractivity contribution >= 4 is 11.8 Å². The van der Waals surface area contributed by atoms with Gasteiger partial charge in [-0.3, -0.25) is 0 Å². The zero-order chi connectivity index (χ0) is 18.9. The molecule has 7 heteroatoms. The Bertz CT molecular complexity index is 841. The maximum absolute atomic E-state index is 12.9. The van der Waals surface area contributed by atoms with Crippen LogP contribution in [0.4, 0.5) is 16.2 Å². The molecule has 1 heterocycles. The van der Waals surface area contributed by atoms with E-state index in [9.17, 15) is 4.39 Å². The fraction of sp³-hybridized carbons (Fsp3) is 0.200. The highest BCUT2D eigenvalue weighted by Gasteiger charge is 2.01. The van der Waals surface area contributed by atoms with Gasteiger partial charge in [0.2, 0.25) is 5.95 Å². The van der Waals surface area contributed by atoms with Gasteiger partial charge in [0.25, 0.3) is 0 Å². The monoisotopic (exact) mass is 368 g/mol. The number of methoxy groups -OCH3 is 1. The molecule has 0 saturated carbocycles. The van der Waals surface area contributed by atoms with E-state index < -0.39 is 0 Å². The molecule has 1 aromatic heterocycles. The molecular weight excluding hydrogens is 347 g/mol. The van der Waals surface area contributed by atoms with Gasteiger partial charge < -0.3 is 20.1 Å². The van der Waals surface area contributed by atoms with Gasteiger partial charge in [-0.2, -0.15) is 4.98 Å². The molecule has 2 N–H and O–H groups in total. The number of ether oxygens (including phenoxy) is 2. The Kier molecular flexibility index (Phi) is 6.40. The van der Waals surface area contributed by atoms with Crippen molar-refractivity contribution in [1.29, 1.82) is 0 Å². The van der Waals surface area contributed by atoms with Gasteiger partial charge in [-0.15, -0.1) is 0 Å². The lowest BCUT2D eigenvalue weighted by Crippen LogP contribution is -2.13. The molecule has 2 aromatic carbocycles. The molecular formula is C20H21FN4O2. The molecule has 0 saturated heterocycles. The molecule has 0 amide bonds. The van der Waals surface area contributed by atoms with Gasteiger partial charge in [-0.05, 0) is 48.0 Å². The zero-order valence-electron chi connectivity index (χ0n) is 15.0. The summed E-state index contributed by atoms with van der Waals surface area (Å²) in [7, 11) is 1.63. The number of halogens is 1. The van der Waals surface area contributed by atoms with Crippen LogP contribution in [0.1, 0.15) is 5.56 Å². The van der Waals surface area contributed by atoms with Crippen molar-refractivity contribution < 1.29 is 13.9 Å². The molecule has 140 valence electrons. The Morgan fingerprint density at radius 3 is 2.41 bits per heavy atom. The highest BCUT2D eigenvalue weighted by Crippen LogP contribution is 2.16. The molecule has 0 atom stereocenters. The van der Waals surface area contributed by atoms with E-state index in [1.54, 1.807) is 31.5 Å². The maximum Gasteiger partial charge on any atom is 0.224 e. The van der Waals surface area contributed by atoms with E-state index in [0.717, 1.165) is 17.1 Å². The summed E-state index contributed by atoms with van der Waals surface area (Å²) in [6, 6.07) is 15.5. The van der Waals surface area contributed by atoms with Crippen molar-refractivity contribution in [2.75, 3.05) is 30.9 Å². The number of aromatic nitrogens is 2. The maximum atomic E-state index is 12.9. The first-order chi connectivity index (χ1) is 13.2. The molecule has 0 aliphatic rings. The average Bonchev–Trinajstić information content (AvgIpc) is 2.71. The first-order valence-electron chi connectivity index (χ1n) is 8.55. The first kappa shape index (κ1) is 18.4. The van der Waals surface area contributed by atoms with Crippen LogP contribution in [0.3, 0.4) is 0 Å². The Balaban J connectivity index is 1.43. The summed E-state index contributed by atoms with van der Waals surface area (Å²) >= 11 is 0. The zero-order valence-corrected chi connectivity index (χ0v) is 15.0. The number of hydrogen-bond acceptors (Lipinski definition) is 6. The smallest absolute Gasteiger partial charge is 0.224 e. The van der Waals surface area contributed by atoms with Gasteiger partial charge in [-0.1, -0.05) is 12.1 Å². The molecule has 6 nitrogen and oxygen atoms in total. The van der Waals surface area contributed by atoms with Crippen LogP contribution < -0.4 is 20.1 Å². The third kappa shape index (κ3) is 5.85. The van der Waals surface area contributed by atoms with Crippen molar-refractivity contribution in [3.8, 4) is 11.5 Å². The summed E-state index contributed by atoms with van der Waals surface area (Å²) in [6.45, 7) is 1.61. The lowest BCUT2D eigenvalue weighted by atomic mass is 10.2. The number of anilines is 2. The van der Waals surface area contributed by atoms with E-state index in [1.807, 2.05) is 24.3 Å². The summed E-state index contributed by atoms with van der Waals surface area (Å²) < 4.78 is 23.7. The predicted molar refractivity (Wildman–Crippen MR) is 103 cm³/mol. The van der Waals surface area contributed by atoms with Crippen LogP contribution in [-0.2, 0) is 6.54 Å². The third-order valence-electron chi connectivity index (χ3n) is 3.76. The summed E-state index contributed by atoms with van der Waals surface area (Å²) in [5, 5.41) is 6.31. The summed E-state index contributed by atoms with van der Waals surface area (Å²) in [5.41, 5.74) is 0.950. The fourth-order valence-electron chi connectivity index (χ4n) is 2.35. The predicted octanol–water partition coefficient (Wildman–Crippen LogP) is 3.73. The summed E-state index contributed by atoms with van der Waals surface area (Å²) in [4.78, 5) is 8.58. The standard InChI is InChI=1S/C20H21FN4O2/c1-26-17-6-8-18(9-7-17)27-13-12-22-19-10-11-23-20(25-19)24-14-15-2-4-16(21)5-3-15/h2-11H,12-14H2,1H3,(H2,22,23,24,25). The van der Waals surface area contributed by atoms with E-state index >= 15 is 0 Å². The summed E-state index contributed by atoms with van der Waals surface area (Å²) in [5.74, 6) is 2.52. The number of hydrogen-bond donors (Lipinski definition) is 2. The molecule has 0 unspecified atom stereocenters. The van der Waals surface area contributed by atoms with Crippen molar-refractivity contribution in [1.82, 2.24) is 9.97 Å². The molecule has 0 spiro atoms. The second-order valence-electron chi connectivity index (χ2n) is 5.70. The molecule has 27 heavy (non-hydrogen) atoms. The normalized spacial score (nSPS) is 10.3. The largest absolute Gasteiger partial charge is 0.497 e. The van der Waals surface area contributed by atoms with Crippen molar-refractivity contribution in [2.45, 2.75) is 6.54 Å². The van der Waals surface area contributed by atoms with E-state index in [-0.39, 0.29) is 5.82 Å². The second-order valence-corrected chi connectivity index (χ2v) is 5.70. The first-order valence-corrected chi connectivity index (χ1v) is 8.55. The molecule has 3 rings (SSSR count). The topological polar surface area (TPSA) is 68.3 Å². The summed E-state index contributed by atoms with van der Waals surface area (Å²) in [6.07, 6.45) is 1.67. The molecule has 3 aromatic rings. The Morgan fingerprint density at radius 2 is 1.67 bits per heavy atom. The van der Waals surface area contributed by atoms with Gasteiger partial charge >= 0.3 is 0 Å². The lowest BCUT2D eigenvalue weighted by Gasteiger charge is -2.10. The highest BCUT2D eigenvalue weighted by molar-refractivity contribution is 5.40.